The van der Waals surface area contributed by atoms with Crippen LogP contribution in [-0.4, -0.2) is 28.6 Å². The molecule has 1 rings (SSSR count). The second kappa shape index (κ2) is 6.13. The SMILES string of the molecule is CC(C)NC(=O)CCNCc1ncon1. The molecular formula is C9H16N4O2. The van der Waals surface area contributed by atoms with E-state index in [0.717, 1.165) is 0 Å². The van der Waals surface area contributed by atoms with Crippen LogP contribution in [0.4, 0.5) is 0 Å². The number of hydrogen-bond donors (Lipinski definition) is 2. The molecule has 0 radical (unpaired) electrons. The predicted molar refractivity (Wildman–Crippen MR) is 53.9 cm³/mol. The molecular weight excluding hydrogens is 196 g/mol. The molecule has 1 heterocycles. The highest BCUT2D eigenvalue weighted by Gasteiger charge is 2.03. The van der Waals surface area contributed by atoms with E-state index in [-0.39, 0.29) is 11.9 Å². The Labute approximate surface area is 88.4 Å². The number of nitrogens with one attached hydrogen (secondary N) is 2. The maximum atomic E-state index is 11.2. The number of nitrogens with zero attached hydrogens (tertiary/aromatic N) is 2. The maximum absolute atomic E-state index is 11.2. The Balaban J connectivity index is 2.04. The first-order valence-corrected chi connectivity index (χ1v) is 4.94. The third-order valence-corrected chi connectivity index (χ3v) is 1.67. The van der Waals surface area contributed by atoms with E-state index in [9.17, 15) is 4.79 Å². The smallest absolute Gasteiger partial charge is 0.221 e. The van der Waals surface area contributed by atoms with Crippen LogP contribution in [0.15, 0.2) is 10.9 Å². The summed E-state index contributed by atoms with van der Waals surface area (Å²) < 4.78 is 4.56. The first-order valence-electron chi connectivity index (χ1n) is 4.94. The fraction of sp³-hybridized carbons (Fsp3) is 0.667. The van der Waals surface area contributed by atoms with Gasteiger partial charge in [-0.3, -0.25) is 4.79 Å². The summed E-state index contributed by atoms with van der Waals surface area (Å²) in [5.74, 6) is 0.643. The summed E-state index contributed by atoms with van der Waals surface area (Å²) in [7, 11) is 0. The summed E-state index contributed by atoms with van der Waals surface area (Å²) in [5, 5.41) is 9.49. The van der Waals surface area contributed by atoms with Gasteiger partial charge in [0.05, 0.1) is 6.54 Å². The molecule has 0 saturated heterocycles. The van der Waals surface area contributed by atoms with E-state index in [0.29, 0.717) is 25.3 Å². The molecule has 6 heteroatoms. The maximum Gasteiger partial charge on any atom is 0.221 e. The molecule has 0 spiro atoms. The molecule has 0 aliphatic carbocycles. The summed E-state index contributed by atoms with van der Waals surface area (Å²) in [5.41, 5.74) is 0. The highest BCUT2D eigenvalue weighted by atomic mass is 16.5. The van der Waals surface area contributed by atoms with Gasteiger partial charge < -0.3 is 15.2 Å². The Kier molecular flexibility index (Phi) is 4.76. The highest BCUT2D eigenvalue weighted by molar-refractivity contribution is 5.76. The van der Waals surface area contributed by atoms with Crippen LogP contribution in [-0.2, 0) is 11.3 Å². The molecule has 0 fully saturated rings. The van der Waals surface area contributed by atoms with Crippen LogP contribution < -0.4 is 10.6 Å². The molecule has 1 aromatic rings. The van der Waals surface area contributed by atoms with E-state index in [2.05, 4.69) is 25.3 Å². The number of aromatic nitrogens is 2. The summed E-state index contributed by atoms with van der Waals surface area (Å²) >= 11 is 0. The number of amides is 1. The molecule has 2 N–H and O–H groups in total. The third kappa shape index (κ3) is 5.11. The lowest BCUT2D eigenvalue weighted by Gasteiger charge is -2.07. The van der Waals surface area contributed by atoms with Crippen LogP contribution >= 0.6 is 0 Å². The lowest BCUT2D eigenvalue weighted by Crippen LogP contribution is -2.32. The Morgan fingerprint density at radius 2 is 2.40 bits per heavy atom. The molecule has 1 aromatic heterocycles. The topological polar surface area (TPSA) is 80.0 Å². The summed E-state index contributed by atoms with van der Waals surface area (Å²) in [4.78, 5) is 15.1. The zero-order valence-corrected chi connectivity index (χ0v) is 8.99. The zero-order chi connectivity index (χ0) is 11.1. The second-order valence-electron chi connectivity index (χ2n) is 3.50. The van der Waals surface area contributed by atoms with Gasteiger partial charge >= 0.3 is 0 Å². The summed E-state index contributed by atoms with van der Waals surface area (Å²) in [6.07, 6.45) is 1.73. The quantitative estimate of drug-likeness (QED) is 0.652. The average Bonchev–Trinajstić information content (AvgIpc) is 2.63. The van der Waals surface area contributed by atoms with E-state index >= 15 is 0 Å². The minimum atomic E-state index is 0.0469. The van der Waals surface area contributed by atoms with Gasteiger partial charge in [-0.15, -0.1) is 0 Å². The molecule has 84 valence electrons. The first-order chi connectivity index (χ1) is 7.18. The van der Waals surface area contributed by atoms with Crippen molar-refractivity contribution < 1.29 is 9.32 Å². The normalized spacial score (nSPS) is 10.6. The average molecular weight is 212 g/mol. The minimum Gasteiger partial charge on any atom is -0.354 e. The van der Waals surface area contributed by atoms with E-state index < -0.39 is 0 Å². The third-order valence-electron chi connectivity index (χ3n) is 1.67. The van der Waals surface area contributed by atoms with Crippen molar-refractivity contribution >= 4 is 5.91 Å². The van der Waals surface area contributed by atoms with Crippen molar-refractivity contribution in [2.45, 2.75) is 32.9 Å². The largest absolute Gasteiger partial charge is 0.354 e. The van der Waals surface area contributed by atoms with Crippen LogP contribution in [0.2, 0.25) is 0 Å². The van der Waals surface area contributed by atoms with Gasteiger partial charge in [0.2, 0.25) is 12.3 Å². The highest BCUT2D eigenvalue weighted by Crippen LogP contribution is 1.87. The monoisotopic (exact) mass is 212 g/mol. The molecule has 1 amide bonds. The molecule has 0 aliphatic rings. The summed E-state index contributed by atoms with van der Waals surface area (Å²) in [6.45, 7) is 4.99. The number of carbonyl (C=O) groups excluding carboxylic acids is 1. The van der Waals surface area contributed by atoms with Gasteiger partial charge in [0.25, 0.3) is 0 Å². The molecule has 15 heavy (non-hydrogen) atoms. The van der Waals surface area contributed by atoms with Crippen molar-refractivity contribution in [2.75, 3.05) is 6.54 Å². The first kappa shape index (κ1) is 11.6. The standard InChI is InChI=1S/C9H16N4O2/c1-7(2)12-9(14)3-4-10-5-8-11-6-15-13-8/h6-7,10H,3-5H2,1-2H3,(H,12,14). The van der Waals surface area contributed by atoms with Gasteiger partial charge in [-0.1, -0.05) is 5.16 Å². The van der Waals surface area contributed by atoms with Crippen LogP contribution in [0.3, 0.4) is 0 Å². The number of hydrogen-bond acceptors (Lipinski definition) is 5. The van der Waals surface area contributed by atoms with Gasteiger partial charge in [0, 0.05) is 19.0 Å². The van der Waals surface area contributed by atoms with Crippen LogP contribution in [0.1, 0.15) is 26.1 Å². The second-order valence-corrected chi connectivity index (χ2v) is 3.50. The predicted octanol–water partition coefficient (Wildman–Crippen LogP) is 0.0739. The van der Waals surface area contributed by atoms with Crippen molar-refractivity contribution in [1.29, 1.82) is 0 Å². The van der Waals surface area contributed by atoms with Crippen molar-refractivity contribution in [2.24, 2.45) is 0 Å². The number of rotatable bonds is 6. The van der Waals surface area contributed by atoms with Gasteiger partial charge in [-0.2, -0.15) is 4.98 Å². The van der Waals surface area contributed by atoms with Crippen molar-refractivity contribution in [3.63, 3.8) is 0 Å². The molecule has 0 unspecified atom stereocenters. The van der Waals surface area contributed by atoms with Gasteiger partial charge in [0.1, 0.15) is 0 Å². The molecule has 0 atom stereocenters. The van der Waals surface area contributed by atoms with Crippen LogP contribution in [0.25, 0.3) is 0 Å². The van der Waals surface area contributed by atoms with E-state index in [1.807, 2.05) is 13.8 Å². The van der Waals surface area contributed by atoms with E-state index in [1.54, 1.807) is 0 Å². The number of carbonyl (C=O) groups is 1. The van der Waals surface area contributed by atoms with Gasteiger partial charge in [-0.05, 0) is 13.8 Å². The van der Waals surface area contributed by atoms with Gasteiger partial charge in [0.15, 0.2) is 5.82 Å². The van der Waals surface area contributed by atoms with Gasteiger partial charge in [-0.25, -0.2) is 0 Å². The van der Waals surface area contributed by atoms with Crippen molar-refractivity contribution in [1.82, 2.24) is 20.8 Å². The molecule has 0 bridgehead atoms. The van der Waals surface area contributed by atoms with Crippen molar-refractivity contribution in [3.8, 4) is 0 Å². The fourth-order valence-electron chi connectivity index (χ4n) is 1.07. The van der Waals surface area contributed by atoms with E-state index in [4.69, 9.17) is 0 Å². The zero-order valence-electron chi connectivity index (χ0n) is 8.99. The Morgan fingerprint density at radius 1 is 1.60 bits per heavy atom. The van der Waals surface area contributed by atoms with Crippen LogP contribution in [0.5, 0.6) is 0 Å². The molecule has 0 aliphatic heterocycles. The Bertz CT molecular complexity index is 284. The molecule has 6 nitrogen and oxygen atoms in total. The van der Waals surface area contributed by atoms with Crippen LogP contribution in [0, 0.1) is 0 Å². The Hall–Kier alpha value is -1.43. The molecule has 0 aromatic carbocycles. The van der Waals surface area contributed by atoms with E-state index in [1.165, 1.54) is 6.39 Å². The fourth-order valence-corrected chi connectivity index (χ4v) is 1.07. The lowest BCUT2D eigenvalue weighted by atomic mass is 10.3. The summed E-state index contributed by atoms with van der Waals surface area (Å²) in [6, 6.07) is 0.190. The molecule has 0 saturated carbocycles. The Morgan fingerprint density at radius 3 is 3.00 bits per heavy atom. The lowest BCUT2D eigenvalue weighted by molar-refractivity contribution is -0.121. The minimum absolute atomic E-state index is 0.0469. The van der Waals surface area contributed by atoms with Crippen molar-refractivity contribution in [3.05, 3.63) is 12.2 Å².